The Labute approximate surface area is 196 Å². The average Bonchev–Trinajstić information content (AvgIpc) is 3.39. The van der Waals surface area contributed by atoms with Gasteiger partial charge >= 0.3 is 0 Å². The molecule has 7 nitrogen and oxygen atoms in total. The molecule has 0 fully saturated rings. The molecular formula is C23H27N5O2S2. The Morgan fingerprint density at radius 2 is 2.03 bits per heavy atom. The van der Waals surface area contributed by atoms with Gasteiger partial charge in [-0.1, -0.05) is 25.1 Å². The molecule has 1 aliphatic carbocycles. The Bertz CT molecular complexity index is 1120. The normalized spacial score (nSPS) is 15.3. The Morgan fingerprint density at radius 1 is 1.25 bits per heavy atom. The fourth-order valence-corrected chi connectivity index (χ4v) is 5.83. The number of hydrogen-bond donors (Lipinski definition) is 2. The van der Waals surface area contributed by atoms with Crippen molar-refractivity contribution < 1.29 is 9.59 Å². The summed E-state index contributed by atoms with van der Waals surface area (Å²) in [5, 5.41) is 14.8. The van der Waals surface area contributed by atoms with E-state index in [1.165, 1.54) is 35.0 Å². The summed E-state index contributed by atoms with van der Waals surface area (Å²) in [6.07, 6.45) is 4.82. The predicted octanol–water partition coefficient (Wildman–Crippen LogP) is 4.15. The maximum atomic E-state index is 12.4. The molecule has 2 N–H and O–H groups in total. The number of aryl methyl sites for hydroxylation is 1. The lowest BCUT2D eigenvalue weighted by Gasteiger charge is -2.19. The monoisotopic (exact) mass is 469 g/mol. The van der Waals surface area contributed by atoms with Gasteiger partial charge in [0.05, 0.1) is 10.6 Å². The van der Waals surface area contributed by atoms with Gasteiger partial charge in [-0.15, -0.1) is 21.5 Å². The molecule has 4 rings (SSSR count). The van der Waals surface area contributed by atoms with Crippen LogP contribution in [0.25, 0.3) is 10.7 Å². The van der Waals surface area contributed by atoms with Crippen molar-refractivity contribution in [3.05, 3.63) is 46.3 Å². The molecule has 0 spiro atoms. The molecule has 3 aromatic rings. The minimum atomic E-state index is -0.159. The van der Waals surface area contributed by atoms with Gasteiger partial charge in [0, 0.05) is 30.2 Å². The zero-order valence-electron chi connectivity index (χ0n) is 18.5. The summed E-state index contributed by atoms with van der Waals surface area (Å²) >= 11 is 3.18. The Morgan fingerprint density at radius 3 is 2.75 bits per heavy atom. The molecule has 32 heavy (non-hydrogen) atoms. The van der Waals surface area contributed by atoms with Crippen molar-refractivity contribution in [2.24, 2.45) is 13.0 Å². The first kappa shape index (κ1) is 22.5. The Kier molecular flexibility index (Phi) is 6.95. The number of aromatic nitrogens is 3. The third kappa shape index (κ3) is 4.88. The molecule has 1 aromatic carbocycles. The van der Waals surface area contributed by atoms with E-state index >= 15 is 0 Å². The number of thiophene rings is 1. The van der Waals surface area contributed by atoms with Gasteiger partial charge in [-0.05, 0) is 61.1 Å². The lowest BCUT2D eigenvalue weighted by Crippen LogP contribution is -2.18. The highest BCUT2D eigenvalue weighted by molar-refractivity contribution is 7.99. The minimum absolute atomic E-state index is 0.135. The quantitative estimate of drug-likeness (QED) is 0.508. The first-order valence-corrected chi connectivity index (χ1v) is 12.5. The molecule has 0 unspecified atom stereocenters. The van der Waals surface area contributed by atoms with Crippen LogP contribution in [0, 0.1) is 5.92 Å². The van der Waals surface area contributed by atoms with Crippen LogP contribution in [0.3, 0.4) is 0 Å². The van der Waals surface area contributed by atoms with Gasteiger partial charge in [0.25, 0.3) is 5.91 Å². The molecule has 0 bridgehead atoms. The van der Waals surface area contributed by atoms with Crippen LogP contribution in [0.15, 0.2) is 35.5 Å². The summed E-state index contributed by atoms with van der Waals surface area (Å²) in [6, 6.07) is 9.07. The van der Waals surface area contributed by atoms with E-state index < -0.39 is 0 Å². The molecule has 9 heteroatoms. The summed E-state index contributed by atoms with van der Waals surface area (Å²) in [6.45, 7) is 2.27. The second kappa shape index (κ2) is 9.87. The highest BCUT2D eigenvalue weighted by Gasteiger charge is 2.22. The van der Waals surface area contributed by atoms with Gasteiger partial charge in [0.1, 0.15) is 0 Å². The average molecular weight is 470 g/mol. The van der Waals surface area contributed by atoms with E-state index in [2.05, 4.69) is 33.8 Å². The number of nitrogens with zero attached hydrogens (tertiary/aromatic N) is 3. The third-order valence-electron chi connectivity index (χ3n) is 5.81. The second-order valence-corrected chi connectivity index (χ2v) is 10.0. The van der Waals surface area contributed by atoms with Crippen LogP contribution >= 0.6 is 23.1 Å². The molecule has 0 aliphatic heterocycles. The van der Waals surface area contributed by atoms with Crippen LogP contribution < -0.4 is 10.6 Å². The van der Waals surface area contributed by atoms with Crippen molar-refractivity contribution in [1.82, 2.24) is 20.1 Å². The maximum Gasteiger partial charge on any atom is 0.251 e. The highest BCUT2D eigenvalue weighted by atomic mass is 32.2. The second-order valence-electron chi connectivity index (χ2n) is 7.93. The summed E-state index contributed by atoms with van der Waals surface area (Å²) in [5.41, 5.74) is 2.66. The van der Waals surface area contributed by atoms with E-state index in [1.807, 2.05) is 23.0 Å². The first-order chi connectivity index (χ1) is 15.5. The van der Waals surface area contributed by atoms with Gasteiger partial charge in [-0.2, -0.15) is 0 Å². The molecule has 2 aromatic heterocycles. The van der Waals surface area contributed by atoms with E-state index in [0.29, 0.717) is 16.4 Å². The van der Waals surface area contributed by atoms with E-state index in [-0.39, 0.29) is 17.6 Å². The number of anilines is 1. The molecule has 1 aliphatic rings. The minimum Gasteiger partial charge on any atom is -0.355 e. The first-order valence-electron chi connectivity index (χ1n) is 10.7. The smallest absolute Gasteiger partial charge is 0.251 e. The number of amides is 2. The molecule has 0 saturated heterocycles. The van der Waals surface area contributed by atoms with E-state index in [1.54, 1.807) is 31.3 Å². The fraction of sp³-hybridized carbons (Fsp3) is 0.391. The number of fused-ring (bicyclic) bond motifs is 1. The zero-order valence-corrected chi connectivity index (χ0v) is 20.1. The van der Waals surface area contributed by atoms with Crippen molar-refractivity contribution in [3.8, 4) is 10.7 Å². The summed E-state index contributed by atoms with van der Waals surface area (Å²) in [4.78, 5) is 26.6. The van der Waals surface area contributed by atoms with Gasteiger partial charge in [0.15, 0.2) is 11.0 Å². The largest absolute Gasteiger partial charge is 0.355 e. The molecule has 1 atom stereocenters. The molecule has 0 saturated carbocycles. The third-order valence-corrected chi connectivity index (χ3v) is 8.06. The number of rotatable bonds is 7. The van der Waals surface area contributed by atoms with Crippen molar-refractivity contribution in [2.75, 3.05) is 18.1 Å². The summed E-state index contributed by atoms with van der Waals surface area (Å²) < 4.78 is 1.96. The SMILES string of the molecule is CC[C@H]1CCc2sc(-c3nnc(SCC(=O)Nc4ccc(C(=O)NC)cc4)n3C)cc2C1. The van der Waals surface area contributed by atoms with E-state index in [4.69, 9.17) is 0 Å². The Balaban J connectivity index is 1.37. The molecule has 0 radical (unpaired) electrons. The summed E-state index contributed by atoms with van der Waals surface area (Å²) in [7, 11) is 3.53. The number of nitrogens with one attached hydrogen (secondary N) is 2. The van der Waals surface area contributed by atoms with Crippen LogP contribution in [0.5, 0.6) is 0 Å². The Hall–Kier alpha value is -2.65. The standard InChI is InChI=1S/C23H27N5O2S2/c1-4-14-5-10-18-16(11-14)12-19(32-18)21-26-27-23(28(21)3)31-13-20(29)25-17-8-6-15(7-9-17)22(30)24-2/h6-9,12,14H,4-5,10-11,13H2,1-3H3,(H,24,30)(H,25,29)/t14-/m0/s1. The van der Waals surface area contributed by atoms with Gasteiger partial charge in [-0.25, -0.2) is 0 Å². The molecule has 168 valence electrons. The number of carbonyl (C=O) groups excluding carboxylic acids is 2. The molecule has 2 heterocycles. The lowest BCUT2D eigenvalue weighted by molar-refractivity contribution is -0.113. The number of thioether (sulfide) groups is 1. The van der Waals surface area contributed by atoms with Crippen LogP contribution in [-0.4, -0.2) is 39.4 Å². The zero-order chi connectivity index (χ0) is 22.7. The van der Waals surface area contributed by atoms with Gasteiger partial charge in [0.2, 0.25) is 5.91 Å². The molecule has 2 amide bonds. The lowest BCUT2D eigenvalue weighted by atomic mass is 9.87. The highest BCUT2D eigenvalue weighted by Crippen LogP contribution is 2.38. The van der Waals surface area contributed by atoms with Crippen molar-refractivity contribution >= 4 is 40.6 Å². The number of benzene rings is 1. The number of carbonyl (C=O) groups is 2. The van der Waals surface area contributed by atoms with Crippen LogP contribution in [0.1, 0.15) is 40.6 Å². The predicted molar refractivity (Wildman–Crippen MR) is 129 cm³/mol. The maximum absolute atomic E-state index is 12.4. The van der Waals surface area contributed by atoms with Crippen LogP contribution in [0.4, 0.5) is 5.69 Å². The van der Waals surface area contributed by atoms with E-state index in [9.17, 15) is 9.59 Å². The van der Waals surface area contributed by atoms with Gasteiger partial charge in [-0.3, -0.25) is 9.59 Å². The van der Waals surface area contributed by atoms with Crippen LogP contribution in [-0.2, 0) is 24.7 Å². The van der Waals surface area contributed by atoms with E-state index in [0.717, 1.165) is 29.5 Å². The van der Waals surface area contributed by atoms with Crippen molar-refractivity contribution in [1.29, 1.82) is 0 Å². The topological polar surface area (TPSA) is 88.9 Å². The van der Waals surface area contributed by atoms with Gasteiger partial charge < -0.3 is 15.2 Å². The van der Waals surface area contributed by atoms with Crippen LogP contribution in [0.2, 0.25) is 0 Å². The number of hydrogen-bond acceptors (Lipinski definition) is 6. The molecular weight excluding hydrogens is 442 g/mol. The fourth-order valence-electron chi connectivity index (χ4n) is 3.89. The van der Waals surface area contributed by atoms with Crippen molar-refractivity contribution in [2.45, 2.75) is 37.8 Å². The summed E-state index contributed by atoms with van der Waals surface area (Å²) in [5.74, 6) is 1.57. The van der Waals surface area contributed by atoms with Crippen molar-refractivity contribution in [3.63, 3.8) is 0 Å².